The molecule has 2 aromatic heterocycles. The minimum atomic E-state index is -0.458. The van der Waals surface area contributed by atoms with Crippen molar-refractivity contribution >= 4 is 40.0 Å². The average Bonchev–Trinajstić information content (AvgIpc) is 3.45. The highest BCUT2D eigenvalue weighted by Gasteiger charge is 2.24. The van der Waals surface area contributed by atoms with Gasteiger partial charge in [0.15, 0.2) is 22.5 Å². The monoisotopic (exact) mass is 534 g/mol. The van der Waals surface area contributed by atoms with Crippen LogP contribution in [-0.4, -0.2) is 60.8 Å². The van der Waals surface area contributed by atoms with Crippen LogP contribution in [0.15, 0.2) is 17.3 Å². The van der Waals surface area contributed by atoms with Crippen molar-refractivity contribution in [3.05, 3.63) is 28.1 Å². The van der Waals surface area contributed by atoms with Gasteiger partial charge in [0.05, 0.1) is 39.8 Å². The number of carbonyl (C=O) groups is 2. The van der Waals surface area contributed by atoms with Crippen molar-refractivity contribution in [1.82, 2.24) is 14.8 Å². The number of nitrogens with one attached hydrogen (secondary N) is 1. The van der Waals surface area contributed by atoms with Crippen molar-refractivity contribution in [2.45, 2.75) is 38.9 Å². The highest BCUT2D eigenvalue weighted by atomic mass is 32.2. The molecule has 36 heavy (non-hydrogen) atoms. The lowest BCUT2D eigenvalue weighted by Crippen LogP contribution is -2.16. The third kappa shape index (κ3) is 5.44. The molecule has 0 aliphatic carbocycles. The van der Waals surface area contributed by atoms with Gasteiger partial charge in [-0.2, -0.15) is 0 Å². The summed E-state index contributed by atoms with van der Waals surface area (Å²) in [5.74, 6) is 1.48. The molecule has 194 valence electrons. The lowest BCUT2D eigenvalue weighted by molar-refractivity contribution is -0.113. The lowest BCUT2D eigenvalue weighted by atomic mass is 10.1. The first-order chi connectivity index (χ1) is 17.3. The number of ether oxygens (including phenoxy) is 4. The Balaban J connectivity index is 1.82. The van der Waals surface area contributed by atoms with E-state index in [0.29, 0.717) is 51.8 Å². The summed E-state index contributed by atoms with van der Waals surface area (Å²) in [6.07, 6.45) is 0.667. The summed E-state index contributed by atoms with van der Waals surface area (Å²) in [7, 11) is 5.98. The summed E-state index contributed by atoms with van der Waals surface area (Å²) in [6.45, 7) is 6.44. The van der Waals surface area contributed by atoms with E-state index in [0.717, 1.165) is 16.0 Å². The number of thiophene rings is 1. The molecular formula is C24H30N4O6S2. The maximum Gasteiger partial charge on any atom is 0.341 e. The summed E-state index contributed by atoms with van der Waals surface area (Å²) < 4.78 is 23.2. The van der Waals surface area contributed by atoms with Gasteiger partial charge in [0.1, 0.15) is 5.00 Å². The zero-order valence-corrected chi connectivity index (χ0v) is 23.0. The fraction of sp³-hybridized carbons (Fsp3) is 0.417. The molecule has 0 fully saturated rings. The Kier molecular flexibility index (Phi) is 9.21. The number of hydrogen-bond donors (Lipinski definition) is 1. The van der Waals surface area contributed by atoms with Crippen LogP contribution >= 0.6 is 23.1 Å². The molecule has 12 heteroatoms. The summed E-state index contributed by atoms with van der Waals surface area (Å²) in [6, 6.07) is 3.61. The molecule has 3 aromatic rings. The highest BCUT2D eigenvalue weighted by molar-refractivity contribution is 7.99. The molecular weight excluding hydrogens is 504 g/mol. The Hall–Kier alpha value is -3.25. The summed E-state index contributed by atoms with van der Waals surface area (Å²) >= 11 is 2.63. The molecule has 3 rings (SSSR count). The second-order valence-corrected chi connectivity index (χ2v) is 9.65. The van der Waals surface area contributed by atoms with Crippen LogP contribution in [0.5, 0.6) is 17.2 Å². The lowest BCUT2D eigenvalue weighted by Gasteiger charge is -2.14. The van der Waals surface area contributed by atoms with Gasteiger partial charge in [-0.3, -0.25) is 4.79 Å². The van der Waals surface area contributed by atoms with Crippen LogP contribution in [0.1, 0.15) is 34.6 Å². The molecule has 1 N–H and O–H groups in total. The van der Waals surface area contributed by atoms with E-state index < -0.39 is 5.97 Å². The van der Waals surface area contributed by atoms with Crippen LogP contribution in [0, 0.1) is 6.92 Å². The van der Waals surface area contributed by atoms with Gasteiger partial charge in [0.2, 0.25) is 11.7 Å². The number of esters is 1. The molecule has 0 saturated heterocycles. The van der Waals surface area contributed by atoms with E-state index in [9.17, 15) is 9.59 Å². The summed E-state index contributed by atoms with van der Waals surface area (Å²) in [5.41, 5.74) is 2.04. The minimum Gasteiger partial charge on any atom is -0.493 e. The number of nitrogens with zero attached hydrogens (tertiary/aromatic N) is 3. The predicted octanol–water partition coefficient (Wildman–Crippen LogP) is 4.44. The molecule has 0 radical (unpaired) electrons. The molecule has 0 saturated carbocycles. The van der Waals surface area contributed by atoms with E-state index in [1.807, 2.05) is 25.3 Å². The molecule has 0 aliphatic rings. The molecule has 0 spiro atoms. The SMILES string of the molecule is CCc1c(C)sc(NC(=O)CSc2nnc(-c3cc(OC)c(OC)c(OC)c3)n2CC)c1C(=O)OC. The van der Waals surface area contributed by atoms with Gasteiger partial charge < -0.3 is 28.8 Å². The second kappa shape index (κ2) is 12.1. The predicted molar refractivity (Wildman–Crippen MR) is 140 cm³/mol. The quantitative estimate of drug-likeness (QED) is 0.282. The van der Waals surface area contributed by atoms with Gasteiger partial charge in [-0.1, -0.05) is 18.7 Å². The third-order valence-corrected chi connectivity index (χ3v) is 7.52. The largest absolute Gasteiger partial charge is 0.493 e. The van der Waals surface area contributed by atoms with Crippen molar-refractivity contribution in [3.8, 4) is 28.6 Å². The van der Waals surface area contributed by atoms with Gasteiger partial charge in [0, 0.05) is 17.0 Å². The average molecular weight is 535 g/mol. The number of aryl methyl sites for hydroxylation is 1. The Morgan fingerprint density at radius 3 is 2.25 bits per heavy atom. The number of carbonyl (C=O) groups excluding carboxylic acids is 2. The molecule has 1 aromatic carbocycles. The smallest absolute Gasteiger partial charge is 0.341 e. The molecule has 0 atom stereocenters. The molecule has 0 aliphatic heterocycles. The van der Waals surface area contributed by atoms with E-state index in [4.69, 9.17) is 18.9 Å². The van der Waals surface area contributed by atoms with Gasteiger partial charge in [-0.05, 0) is 38.0 Å². The van der Waals surface area contributed by atoms with Gasteiger partial charge in [-0.25, -0.2) is 4.79 Å². The van der Waals surface area contributed by atoms with E-state index >= 15 is 0 Å². The number of anilines is 1. The van der Waals surface area contributed by atoms with E-state index in [2.05, 4.69) is 15.5 Å². The van der Waals surface area contributed by atoms with Gasteiger partial charge in [0.25, 0.3) is 0 Å². The van der Waals surface area contributed by atoms with Crippen LogP contribution in [-0.2, 0) is 22.5 Å². The van der Waals surface area contributed by atoms with Crippen molar-refractivity contribution in [2.24, 2.45) is 0 Å². The molecule has 10 nitrogen and oxygen atoms in total. The van der Waals surface area contributed by atoms with Crippen LogP contribution in [0.4, 0.5) is 5.00 Å². The Morgan fingerprint density at radius 2 is 1.72 bits per heavy atom. The normalized spacial score (nSPS) is 10.8. The number of benzene rings is 1. The minimum absolute atomic E-state index is 0.0897. The first kappa shape index (κ1) is 27.3. The number of thioether (sulfide) groups is 1. The molecule has 0 unspecified atom stereocenters. The Bertz CT molecular complexity index is 1230. The van der Waals surface area contributed by atoms with E-state index in [-0.39, 0.29) is 11.7 Å². The number of hydrogen-bond acceptors (Lipinski definition) is 10. The topological polar surface area (TPSA) is 114 Å². The van der Waals surface area contributed by atoms with Crippen LogP contribution < -0.4 is 19.5 Å². The molecule has 1 amide bonds. The van der Waals surface area contributed by atoms with Gasteiger partial charge >= 0.3 is 5.97 Å². The first-order valence-corrected chi connectivity index (χ1v) is 13.0. The van der Waals surface area contributed by atoms with Crippen LogP contribution in [0.25, 0.3) is 11.4 Å². The second-order valence-electron chi connectivity index (χ2n) is 7.49. The zero-order chi connectivity index (χ0) is 26.4. The fourth-order valence-corrected chi connectivity index (χ4v) is 5.76. The Morgan fingerprint density at radius 1 is 1.06 bits per heavy atom. The zero-order valence-electron chi connectivity index (χ0n) is 21.4. The van der Waals surface area contributed by atoms with Crippen molar-refractivity contribution in [1.29, 1.82) is 0 Å². The maximum absolute atomic E-state index is 12.8. The maximum atomic E-state index is 12.8. The van der Waals surface area contributed by atoms with Gasteiger partial charge in [-0.15, -0.1) is 21.5 Å². The van der Waals surface area contributed by atoms with E-state index in [1.165, 1.54) is 30.2 Å². The Labute approximate surface area is 218 Å². The highest BCUT2D eigenvalue weighted by Crippen LogP contribution is 2.41. The number of rotatable bonds is 11. The standard InChI is InChI=1S/C24H30N4O6S2/c1-8-15-13(3)36-22(19(15)23(30)34-7)25-18(29)12-35-24-27-26-21(28(24)9-2)14-10-16(31-4)20(33-6)17(11-14)32-5/h10-11H,8-9,12H2,1-7H3,(H,25,29). The number of methoxy groups -OCH3 is 4. The fourth-order valence-electron chi connectivity index (χ4n) is 3.81. The van der Waals surface area contributed by atoms with Crippen LogP contribution in [0.2, 0.25) is 0 Å². The first-order valence-electron chi connectivity index (χ1n) is 11.2. The number of amides is 1. The van der Waals surface area contributed by atoms with Crippen molar-refractivity contribution in [3.63, 3.8) is 0 Å². The third-order valence-electron chi connectivity index (χ3n) is 5.49. The van der Waals surface area contributed by atoms with Crippen LogP contribution in [0.3, 0.4) is 0 Å². The summed E-state index contributed by atoms with van der Waals surface area (Å²) in [5, 5.41) is 12.6. The summed E-state index contributed by atoms with van der Waals surface area (Å²) in [4.78, 5) is 26.1. The van der Waals surface area contributed by atoms with Crippen molar-refractivity contribution < 1.29 is 28.5 Å². The van der Waals surface area contributed by atoms with Crippen molar-refractivity contribution in [2.75, 3.05) is 39.5 Å². The molecule has 2 heterocycles. The van der Waals surface area contributed by atoms with E-state index in [1.54, 1.807) is 33.5 Å². The number of aromatic nitrogens is 3. The molecule has 0 bridgehead atoms.